The van der Waals surface area contributed by atoms with Crippen LogP contribution in [0.4, 0.5) is 11.4 Å². The van der Waals surface area contributed by atoms with Gasteiger partial charge in [-0.15, -0.1) is 0 Å². The smallest absolute Gasteiger partial charge is 0.260 e. The van der Waals surface area contributed by atoms with Crippen molar-refractivity contribution in [2.24, 2.45) is 5.10 Å². The molecule has 0 radical (unpaired) electrons. The molecular formula is C20H25ClN4O3S. The first-order chi connectivity index (χ1) is 13.7. The number of hydrogen-bond acceptors (Lipinski definition) is 5. The van der Waals surface area contributed by atoms with Crippen LogP contribution in [0.1, 0.15) is 19.4 Å². The minimum Gasteiger partial charge on any atom is -0.372 e. The third-order valence-corrected chi connectivity index (χ3v) is 5.62. The van der Waals surface area contributed by atoms with Gasteiger partial charge in [0.1, 0.15) is 6.54 Å². The van der Waals surface area contributed by atoms with E-state index >= 15 is 0 Å². The molecule has 0 unspecified atom stereocenters. The van der Waals surface area contributed by atoms with Crippen molar-refractivity contribution in [2.45, 2.75) is 13.8 Å². The van der Waals surface area contributed by atoms with E-state index in [0.29, 0.717) is 10.7 Å². The van der Waals surface area contributed by atoms with E-state index in [4.69, 9.17) is 11.6 Å². The van der Waals surface area contributed by atoms with E-state index in [1.165, 1.54) is 18.3 Å². The maximum absolute atomic E-state index is 12.2. The zero-order valence-corrected chi connectivity index (χ0v) is 18.2. The van der Waals surface area contributed by atoms with Crippen LogP contribution in [-0.2, 0) is 14.8 Å². The van der Waals surface area contributed by atoms with Crippen LogP contribution in [0, 0.1) is 0 Å². The summed E-state index contributed by atoms with van der Waals surface area (Å²) in [4.78, 5) is 14.4. The quantitative estimate of drug-likeness (QED) is 0.483. The number of sulfonamides is 1. The lowest BCUT2D eigenvalue weighted by atomic mass is 10.2. The number of amides is 1. The Balaban J connectivity index is 2.01. The van der Waals surface area contributed by atoms with Crippen molar-refractivity contribution in [3.63, 3.8) is 0 Å². The van der Waals surface area contributed by atoms with Crippen molar-refractivity contribution in [3.05, 3.63) is 59.1 Å². The van der Waals surface area contributed by atoms with Crippen molar-refractivity contribution in [1.82, 2.24) is 5.43 Å². The lowest BCUT2D eigenvalue weighted by molar-refractivity contribution is -0.119. The Morgan fingerprint density at radius 3 is 2.10 bits per heavy atom. The molecule has 0 spiro atoms. The number of nitrogens with one attached hydrogen (secondary N) is 1. The highest BCUT2D eigenvalue weighted by atomic mass is 35.5. The fourth-order valence-electron chi connectivity index (χ4n) is 2.71. The molecule has 0 aromatic heterocycles. The number of hydrazone groups is 1. The van der Waals surface area contributed by atoms with Crippen LogP contribution in [0.5, 0.6) is 0 Å². The number of benzene rings is 2. The molecule has 9 heteroatoms. The van der Waals surface area contributed by atoms with Gasteiger partial charge in [-0.25, -0.2) is 13.8 Å². The number of hydrogen-bond donors (Lipinski definition) is 1. The van der Waals surface area contributed by atoms with Gasteiger partial charge in [0.15, 0.2) is 0 Å². The van der Waals surface area contributed by atoms with Gasteiger partial charge in [-0.1, -0.05) is 23.7 Å². The second kappa shape index (κ2) is 10.3. The normalized spacial score (nSPS) is 11.4. The maximum atomic E-state index is 12.2. The van der Waals surface area contributed by atoms with Gasteiger partial charge in [-0.3, -0.25) is 9.10 Å². The predicted octanol–water partition coefficient (Wildman–Crippen LogP) is 3.10. The van der Waals surface area contributed by atoms with E-state index in [1.807, 2.05) is 24.3 Å². The first kappa shape index (κ1) is 22.7. The summed E-state index contributed by atoms with van der Waals surface area (Å²) in [7, 11) is -3.65. The topological polar surface area (TPSA) is 82.1 Å². The van der Waals surface area contributed by atoms with E-state index in [-0.39, 0.29) is 0 Å². The van der Waals surface area contributed by atoms with Crippen molar-refractivity contribution in [3.8, 4) is 0 Å². The van der Waals surface area contributed by atoms with Crippen LogP contribution in [-0.4, -0.2) is 46.4 Å². The van der Waals surface area contributed by atoms with Crippen LogP contribution in [0.3, 0.4) is 0 Å². The summed E-state index contributed by atoms with van der Waals surface area (Å²) in [5.74, 6) is -0.554. The van der Waals surface area contributed by atoms with E-state index < -0.39 is 22.5 Å². The number of nitrogens with zero attached hydrogens (tertiary/aromatic N) is 3. The third-order valence-electron chi connectivity index (χ3n) is 4.23. The van der Waals surface area contributed by atoms with Crippen molar-refractivity contribution in [1.29, 1.82) is 0 Å². The van der Waals surface area contributed by atoms with Gasteiger partial charge < -0.3 is 4.90 Å². The Labute approximate surface area is 177 Å². The molecule has 7 nitrogen and oxygen atoms in total. The van der Waals surface area contributed by atoms with Crippen LogP contribution < -0.4 is 14.6 Å². The number of halogens is 1. The molecule has 0 bridgehead atoms. The van der Waals surface area contributed by atoms with Gasteiger partial charge in [0, 0.05) is 23.8 Å². The second-order valence-electron chi connectivity index (χ2n) is 6.30. The standard InChI is InChI=1S/C20H25ClN4O3S/c1-4-24(5-2)18-10-6-16(7-11-18)14-22-23-20(26)15-25(29(3,27)28)19-12-8-17(21)9-13-19/h6-14H,4-5,15H2,1-3H3,(H,23,26)/b22-14-. The fraction of sp³-hybridized carbons (Fsp3) is 0.300. The highest BCUT2D eigenvalue weighted by molar-refractivity contribution is 7.92. The maximum Gasteiger partial charge on any atom is 0.260 e. The number of carbonyl (C=O) groups excluding carboxylic acids is 1. The van der Waals surface area contributed by atoms with E-state index in [1.54, 1.807) is 12.1 Å². The van der Waals surface area contributed by atoms with Crippen LogP contribution >= 0.6 is 11.6 Å². The zero-order valence-electron chi connectivity index (χ0n) is 16.7. The molecule has 0 fully saturated rings. The number of anilines is 2. The molecule has 0 saturated carbocycles. The summed E-state index contributed by atoms with van der Waals surface area (Å²) >= 11 is 5.84. The molecular weight excluding hydrogens is 412 g/mol. The summed E-state index contributed by atoms with van der Waals surface area (Å²) < 4.78 is 25.1. The van der Waals surface area contributed by atoms with Crippen LogP contribution in [0.2, 0.25) is 5.02 Å². The fourth-order valence-corrected chi connectivity index (χ4v) is 3.69. The highest BCUT2D eigenvalue weighted by Gasteiger charge is 2.20. The monoisotopic (exact) mass is 436 g/mol. The van der Waals surface area contributed by atoms with Gasteiger partial charge in [-0.2, -0.15) is 5.10 Å². The Morgan fingerprint density at radius 2 is 1.59 bits per heavy atom. The lowest BCUT2D eigenvalue weighted by Gasteiger charge is -2.21. The summed E-state index contributed by atoms with van der Waals surface area (Å²) in [5, 5.41) is 4.39. The van der Waals surface area contributed by atoms with Gasteiger partial charge in [-0.05, 0) is 55.8 Å². The molecule has 29 heavy (non-hydrogen) atoms. The minimum absolute atomic E-state index is 0.350. The molecule has 0 heterocycles. The molecule has 2 aromatic rings. The summed E-state index contributed by atoms with van der Waals surface area (Å²) in [6.07, 6.45) is 2.55. The Morgan fingerprint density at radius 1 is 1.03 bits per heavy atom. The molecule has 0 atom stereocenters. The van der Waals surface area contributed by atoms with Gasteiger partial charge >= 0.3 is 0 Å². The minimum atomic E-state index is -3.65. The van der Waals surface area contributed by atoms with E-state index in [9.17, 15) is 13.2 Å². The van der Waals surface area contributed by atoms with Gasteiger partial charge in [0.2, 0.25) is 10.0 Å². The highest BCUT2D eigenvalue weighted by Crippen LogP contribution is 2.20. The van der Waals surface area contributed by atoms with Crippen LogP contribution in [0.25, 0.3) is 0 Å². The van der Waals surface area contributed by atoms with E-state index in [2.05, 4.69) is 29.3 Å². The molecule has 1 N–H and O–H groups in total. The van der Waals surface area contributed by atoms with Crippen molar-refractivity contribution in [2.75, 3.05) is 35.1 Å². The summed E-state index contributed by atoms with van der Waals surface area (Å²) in [5.41, 5.74) is 4.64. The molecule has 2 rings (SSSR count). The molecule has 156 valence electrons. The first-order valence-corrected chi connectivity index (χ1v) is 11.4. The number of carbonyl (C=O) groups is 1. The van der Waals surface area contributed by atoms with Crippen LogP contribution in [0.15, 0.2) is 53.6 Å². The average Bonchev–Trinajstić information content (AvgIpc) is 2.68. The predicted molar refractivity (Wildman–Crippen MR) is 119 cm³/mol. The molecule has 2 aromatic carbocycles. The largest absolute Gasteiger partial charge is 0.372 e. The molecule has 0 aliphatic rings. The molecule has 0 saturated heterocycles. The second-order valence-corrected chi connectivity index (χ2v) is 8.65. The SMILES string of the molecule is CCN(CC)c1ccc(/C=N\NC(=O)CN(c2ccc(Cl)cc2)S(C)(=O)=O)cc1. The van der Waals surface area contributed by atoms with Gasteiger partial charge in [0.25, 0.3) is 5.91 Å². The Bertz CT molecular complexity index is 941. The number of rotatable bonds is 9. The summed E-state index contributed by atoms with van der Waals surface area (Å²) in [6, 6.07) is 14.0. The van der Waals surface area contributed by atoms with E-state index in [0.717, 1.165) is 34.9 Å². The zero-order chi connectivity index (χ0) is 21.4. The lowest BCUT2D eigenvalue weighted by Crippen LogP contribution is -2.38. The summed E-state index contributed by atoms with van der Waals surface area (Å²) in [6.45, 7) is 5.64. The Kier molecular flexibility index (Phi) is 8.04. The Hall–Kier alpha value is -2.58. The van der Waals surface area contributed by atoms with Crippen molar-refractivity contribution >= 4 is 45.1 Å². The molecule has 1 amide bonds. The molecule has 0 aliphatic heterocycles. The van der Waals surface area contributed by atoms with Crippen molar-refractivity contribution < 1.29 is 13.2 Å². The molecule has 0 aliphatic carbocycles. The first-order valence-electron chi connectivity index (χ1n) is 9.14. The third kappa shape index (κ3) is 6.76. The van der Waals surface area contributed by atoms with Gasteiger partial charge in [0.05, 0.1) is 18.2 Å². The average molecular weight is 437 g/mol.